The van der Waals surface area contributed by atoms with E-state index in [9.17, 15) is 9.18 Å². The minimum absolute atomic E-state index is 0.00926. The second-order valence-corrected chi connectivity index (χ2v) is 6.76. The van der Waals surface area contributed by atoms with Gasteiger partial charge in [-0.15, -0.1) is 0 Å². The zero-order chi connectivity index (χ0) is 16.7. The number of amides is 1. The van der Waals surface area contributed by atoms with Gasteiger partial charge in [0.05, 0.1) is 17.2 Å². The van der Waals surface area contributed by atoms with Gasteiger partial charge in [-0.05, 0) is 12.1 Å². The molecule has 0 atom stereocenters. The van der Waals surface area contributed by atoms with E-state index in [1.54, 1.807) is 23.2 Å². The van der Waals surface area contributed by atoms with Gasteiger partial charge in [-0.2, -0.15) is 0 Å². The fraction of sp³-hybridized carbons (Fsp3) is 0.312. The highest BCUT2D eigenvalue weighted by Crippen LogP contribution is 2.30. The molecule has 0 saturated carbocycles. The molecule has 6 nitrogen and oxygen atoms in total. The molecule has 0 N–H and O–H groups in total. The van der Waals surface area contributed by atoms with E-state index in [1.807, 2.05) is 18.0 Å². The van der Waals surface area contributed by atoms with Gasteiger partial charge < -0.3 is 14.4 Å². The summed E-state index contributed by atoms with van der Waals surface area (Å²) in [6.07, 6.45) is 3.21. The van der Waals surface area contributed by atoms with Crippen LogP contribution in [0.5, 0.6) is 0 Å². The zero-order valence-corrected chi connectivity index (χ0v) is 14.0. The van der Waals surface area contributed by atoms with E-state index >= 15 is 0 Å². The molecule has 0 bridgehead atoms. The molecule has 0 spiro atoms. The second kappa shape index (κ2) is 5.86. The molecular weight excluding hydrogens is 329 g/mol. The fourth-order valence-corrected chi connectivity index (χ4v) is 3.90. The van der Waals surface area contributed by atoms with Crippen LogP contribution in [-0.4, -0.2) is 51.5 Å². The lowest BCUT2D eigenvalue weighted by Crippen LogP contribution is -2.49. The van der Waals surface area contributed by atoms with Crippen LogP contribution in [0.25, 0.3) is 10.2 Å². The third-order valence-electron chi connectivity index (χ3n) is 4.23. The van der Waals surface area contributed by atoms with Crippen molar-refractivity contribution in [3.63, 3.8) is 0 Å². The molecule has 0 radical (unpaired) electrons. The minimum Gasteiger partial charge on any atom is -0.345 e. The maximum Gasteiger partial charge on any atom is 0.272 e. The molecule has 24 heavy (non-hydrogen) atoms. The Morgan fingerprint density at radius 2 is 2.04 bits per heavy atom. The largest absolute Gasteiger partial charge is 0.345 e. The molecule has 0 aliphatic carbocycles. The molecular formula is C16H16FN5OS. The summed E-state index contributed by atoms with van der Waals surface area (Å²) >= 11 is 1.49. The highest BCUT2D eigenvalue weighted by molar-refractivity contribution is 7.22. The molecule has 1 fully saturated rings. The van der Waals surface area contributed by atoms with Gasteiger partial charge in [-0.25, -0.2) is 14.4 Å². The van der Waals surface area contributed by atoms with Crippen LogP contribution in [0, 0.1) is 5.82 Å². The van der Waals surface area contributed by atoms with Crippen LogP contribution < -0.4 is 4.90 Å². The van der Waals surface area contributed by atoms with E-state index in [0.717, 1.165) is 9.83 Å². The Labute approximate surface area is 142 Å². The number of aromatic nitrogens is 3. The number of benzene rings is 1. The first-order valence-corrected chi connectivity index (χ1v) is 8.51. The molecule has 3 heterocycles. The van der Waals surface area contributed by atoms with Gasteiger partial charge in [0.2, 0.25) is 0 Å². The van der Waals surface area contributed by atoms with Gasteiger partial charge in [0, 0.05) is 33.2 Å². The second-order valence-electron chi connectivity index (χ2n) is 5.75. The number of hydrogen-bond acceptors (Lipinski definition) is 5. The van der Waals surface area contributed by atoms with Crippen LogP contribution in [0.3, 0.4) is 0 Å². The number of piperazine rings is 1. The number of hydrogen-bond donors (Lipinski definition) is 0. The minimum atomic E-state index is -0.292. The van der Waals surface area contributed by atoms with Crippen molar-refractivity contribution in [2.24, 2.45) is 7.05 Å². The first-order chi connectivity index (χ1) is 11.6. The molecule has 1 aliphatic heterocycles. The molecule has 2 aromatic heterocycles. The van der Waals surface area contributed by atoms with Crippen molar-refractivity contribution in [1.29, 1.82) is 0 Å². The number of aryl methyl sites for hydroxylation is 1. The Bertz CT molecular complexity index is 897. The van der Waals surface area contributed by atoms with Crippen molar-refractivity contribution in [3.05, 3.63) is 42.2 Å². The molecule has 3 aromatic rings. The number of anilines is 1. The summed E-state index contributed by atoms with van der Waals surface area (Å²) in [5.41, 5.74) is 1.01. The maximum atomic E-state index is 13.8. The summed E-state index contributed by atoms with van der Waals surface area (Å²) in [5, 5.41) is 0.808. The Balaban J connectivity index is 1.48. The number of fused-ring (bicyclic) bond motifs is 1. The molecule has 4 rings (SSSR count). The van der Waals surface area contributed by atoms with Crippen molar-refractivity contribution in [2.45, 2.75) is 0 Å². The lowest BCUT2D eigenvalue weighted by Gasteiger charge is -2.34. The Morgan fingerprint density at radius 3 is 2.71 bits per heavy atom. The number of rotatable bonds is 2. The van der Waals surface area contributed by atoms with E-state index in [-0.39, 0.29) is 11.7 Å². The highest BCUT2D eigenvalue weighted by atomic mass is 32.1. The standard InChI is InChI=1S/C16H16FN5OS/c1-20-10-18-9-12(20)15(23)21-5-7-22(8-6-21)16-19-14-11(17)3-2-4-13(14)24-16/h2-4,9-10H,5-8H2,1H3. The summed E-state index contributed by atoms with van der Waals surface area (Å²) in [7, 11) is 1.81. The third kappa shape index (κ3) is 2.52. The summed E-state index contributed by atoms with van der Waals surface area (Å²) < 4.78 is 16.4. The number of imidazole rings is 1. The van der Waals surface area contributed by atoms with Crippen LogP contribution in [0.15, 0.2) is 30.7 Å². The zero-order valence-electron chi connectivity index (χ0n) is 13.1. The number of halogens is 1. The smallest absolute Gasteiger partial charge is 0.272 e. The average molecular weight is 345 g/mol. The summed E-state index contributed by atoms with van der Waals surface area (Å²) in [6.45, 7) is 2.60. The van der Waals surface area contributed by atoms with Crippen molar-refractivity contribution in [1.82, 2.24) is 19.4 Å². The first kappa shape index (κ1) is 15.1. The van der Waals surface area contributed by atoms with Crippen molar-refractivity contribution >= 4 is 32.6 Å². The molecule has 0 unspecified atom stereocenters. The number of para-hydroxylation sites is 1. The topological polar surface area (TPSA) is 54.3 Å². The van der Waals surface area contributed by atoms with Crippen molar-refractivity contribution in [2.75, 3.05) is 31.1 Å². The quantitative estimate of drug-likeness (QED) is 0.714. The normalized spacial score (nSPS) is 15.2. The van der Waals surface area contributed by atoms with Crippen molar-refractivity contribution < 1.29 is 9.18 Å². The van der Waals surface area contributed by atoms with E-state index in [0.29, 0.717) is 37.4 Å². The number of carbonyl (C=O) groups is 1. The average Bonchev–Trinajstić information content (AvgIpc) is 3.21. The molecule has 8 heteroatoms. The van der Waals surface area contributed by atoms with Crippen LogP contribution in [0.4, 0.5) is 9.52 Å². The number of nitrogens with zero attached hydrogens (tertiary/aromatic N) is 5. The predicted octanol–water partition coefficient (Wildman–Crippen LogP) is 2.13. The summed E-state index contributed by atoms with van der Waals surface area (Å²) in [6, 6.07) is 5.00. The van der Waals surface area contributed by atoms with Crippen LogP contribution in [0.1, 0.15) is 10.5 Å². The van der Waals surface area contributed by atoms with Gasteiger partial charge in [-0.1, -0.05) is 17.4 Å². The number of thiazole rings is 1. The molecule has 1 aliphatic rings. The summed E-state index contributed by atoms with van der Waals surface area (Å²) in [4.78, 5) is 24.8. The Morgan fingerprint density at radius 1 is 1.25 bits per heavy atom. The lowest BCUT2D eigenvalue weighted by molar-refractivity contribution is 0.0737. The van der Waals surface area contributed by atoms with Gasteiger partial charge in [-0.3, -0.25) is 4.79 Å². The number of carbonyl (C=O) groups excluding carboxylic acids is 1. The van der Waals surface area contributed by atoms with Crippen LogP contribution in [-0.2, 0) is 7.05 Å². The monoisotopic (exact) mass is 345 g/mol. The molecule has 1 saturated heterocycles. The van der Waals surface area contributed by atoms with Gasteiger partial charge >= 0.3 is 0 Å². The molecule has 124 valence electrons. The fourth-order valence-electron chi connectivity index (χ4n) is 2.86. The van der Waals surface area contributed by atoms with Gasteiger partial charge in [0.15, 0.2) is 5.13 Å². The van der Waals surface area contributed by atoms with E-state index in [4.69, 9.17) is 0 Å². The van der Waals surface area contributed by atoms with E-state index in [1.165, 1.54) is 17.4 Å². The SMILES string of the molecule is Cn1cncc1C(=O)N1CCN(c2nc3c(F)cccc3s2)CC1. The lowest BCUT2D eigenvalue weighted by atomic mass is 10.3. The third-order valence-corrected chi connectivity index (χ3v) is 5.31. The van der Waals surface area contributed by atoms with Gasteiger partial charge in [0.25, 0.3) is 5.91 Å². The molecule has 1 amide bonds. The maximum absolute atomic E-state index is 13.8. The van der Waals surface area contributed by atoms with Crippen LogP contribution in [0.2, 0.25) is 0 Å². The summed E-state index contributed by atoms with van der Waals surface area (Å²) in [5.74, 6) is -0.301. The first-order valence-electron chi connectivity index (χ1n) is 7.69. The Hall–Kier alpha value is -2.48. The van der Waals surface area contributed by atoms with Gasteiger partial charge in [0.1, 0.15) is 17.0 Å². The van der Waals surface area contributed by atoms with Crippen molar-refractivity contribution in [3.8, 4) is 0 Å². The highest BCUT2D eigenvalue weighted by Gasteiger charge is 2.25. The van der Waals surface area contributed by atoms with E-state index < -0.39 is 0 Å². The van der Waals surface area contributed by atoms with E-state index in [2.05, 4.69) is 14.9 Å². The van der Waals surface area contributed by atoms with Crippen LogP contribution >= 0.6 is 11.3 Å². The molecule has 1 aromatic carbocycles. The predicted molar refractivity (Wildman–Crippen MR) is 90.9 cm³/mol. The Kier molecular flexibility index (Phi) is 3.68.